The second-order valence-corrected chi connectivity index (χ2v) is 16.5. The normalized spacial score (nSPS) is 22.4. The Morgan fingerprint density at radius 3 is 1.32 bits per heavy atom. The molecule has 5 nitrogen and oxygen atoms in total. The van der Waals surface area contributed by atoms with E-state index in [1.807, 2.05) is 0 Å². The lowest BCUT2D eigenvalue weighted by atomic mass is 9.56. The van der Waals surface area contributed by atoms with Crippen LogP contribution < -0.4 is 0 Å². The number of esters is 1. The van der Waals surface area contributed by atoms with E-state index in [4.69, 9.17) is 0 Å². The van der Waals surface area contributed by atoms with Crippen LogP contribution in [-0.4, -0.2) is 31.3 Å². The molecule has 4 aliphatic rings. The third kappa shape index (κ3) is 8.49. The van der Waals surface area contributed by atoms with Crippen molar-refractivity contribution in [3.05, 3.63) is 90.5 Å². The van der Waals surface area contributed by atoms with Crippen molar-refractivity contribution in [3.63, 3.8) is 0 Å². The summed E-state index contributed by atoms with van der Waals surface area (Å²) in [6.45, 7) is 6.78. The van der Waals surface area contributed by atoms with Crippen molar-refractivity contribution in [3.8, 4) is 0 Å². The lowest BCUT2D eigenvalue weighted by Gasteiger charge is -2.49. The van der Waals surface area contributed by atoms with Gasteiger partial charge in [0, 0.05) is 0 Å². The van der Waals surface area contributed by atoms with Crippen LogP contribution >= 0.6 is 0 Å². The first-order valence-corrected chi connectivity index (χ1v) is 17.7. The summed E-state index contributed by atoms with van der Waals surface area (Å²) in [5, 5.41) is -5.00. The van der Waals surface area contributed by atoms with Gasteiger partial charge < -0.3 is 9.29 Å². The van der Waals surface area contributed by atoms with Gasteiger partial charge in [-0.3, -0.25) is 0 Å². The number of hydrogen-bond donors (Lipinski definition) is 0. The molecule has 238 valence electrons. The highest BCUT2D eigenvalue weighted by molar-refractivity contribution is 7.97. The van der Waals surface area contributed by atoms with Crippen molar-refractivity contribution in [2.45, 2.75) is 84.7 Å². The van der Waals surface area contributed by atoms with Gasteiger partial charge in [0.05, 0.1) is 18.0 Å². The van der Waals surface area contributed by atoms with Crippen LogP contribution in [0.15, 0.2) is 99.6 Å². The van der Waals surface area contributed by atoms with Crippen LogP contribution in [0.5, 0.6) is 0 Å². The van der Waals surface area contributed by atoms with Crippen molar-refractivity contribution >= 4 is 27.0 Å². The number of rotatable bonds is 5. The summed E-state index contributed by atoms with van der Waals surface area (Å²) >= 11 is 0. The third-order valence-corrected chi connectivity index (χ3v) is 11.7. The fourth-order valence-electron chi connectivity index (χ4n) is 6.82. The molecule has 0 saturated heterocycles. The molecule has 0 amide bonds. The fraction of sp³-hybridized carbons (Fsp3) is 0.457. The number of halogens is 2. The Kier molecular flexibility index (Phi) is 11.0. The molecule has 9 heteroatoms. The molecule has 3 aromatic rings. The van der Waals surface area contributed by atoms with E-state index in [0.717, 1.165) is 0 Å². The van der Waals surface area contributed by atoms with Crippen molar-refractivity contribution in [2.75, 3.05) is 7.11 Å². The van der Waals surface area contributed by atoms with Gasteiger partial charge in [-0.2, -0.15) is 8.78 Å². The maximum atomic E-state index is 11.9. The van der Waals surface area contributed by atoms with Crippen molar-refractivity contribution in [1.82, 2.24) is 0 Å². The number of hydrogen-bond acceptors (Lipinski definition) is 5. The summed E-state index contributed by atoms with van der Waals surface area (Å²) in [5.74, 6) is 2.33. The molecule has 4 fully saturated rings. The SMILES string of the molecule is C1C2CC3CC1CC(C2)C3.CC(C)(C)c1ccc([S+](c2ccccc2)c2ccccc2)cc1.COC(=O)C(F)(F)S(=O)(=O)[O-]. The van der Waals surface area contributed by atoms with E-state index in [1.165, 1.54) is 43.9 Å². The molecule has 0 N–H and O–H groups in total. The van der Waals surface area contributed by atoms with E-state index in [1.54, 1.807) is 38.5 Å². The molecule has 4 aliphatic carbocycles. The van der Waals surface area contributed by atoms with Gasteiger partial charge in [0.1, 0.15) is 0 Å². The van der Waals surface area contributed by atoms with Gasteiger partial charge in [0.15, 0.2) is 24.8 Å². The smallest absolute Gasteiger partial charge is 0.428 e. The number of carbonyl (C=O) groups is 1. The Balaban J connectivity index is 0.000000174. The minimum Gasteiger partial charge on any atom is -0.743 e. The highest BCUT2D eigenvalue weighted by Gasteiger charge is 2.48. The van der Waals surface area contributed by atoms with Crippen molar-refractivity contribution in [2.24, 2.45) is 23.7 Å². The minimum atomic E-state index is -5.97. The zero-order valence-electron chi connectivity index (χ0n) is 25.7. The Morgan fingerprint density at radius 1 is 0.705 bits per heavy atom. The molecule has 3 aromatic carbocycles. The first kappa shape index (κ1) is 34.1. The van der Waals surface area contributed by atoms with Gasteiger partial charge in [0.2, 0.25) is 0 Å². The average molecular weight is 645 g/mol. The van der Waals surface area contributed by atoms with Crippen LogP contribution in [0.2, 0.25) is 0 Å². The number of ether oxygens (including phenoxy) is 1. The van der Waals surface area contributed by atoms with E-state index >= 15 is 0 Å². The number of alkyl halides is 2. The van der Waals surface area contributed by atoms with E-state index in [2.05, 4.69) is 110 Å². The highest BCUT2D eigenvalue weighted by Crippen LogP contribution is 2.53. The Bertz CT molecular complexity index is 1370. The van der Waals surface area contributed by atoms with Crippen LogP contribution in [0, 0.1) is 23.7 Å². The second kappa shape index (κ2) is 14.1. The minimum absolute atomic E-state index is 0.0497. The quantitative estimate of drug-likeness (QED) is 0.159. The fourth-order valence-corrected chi connectivity index (χ4v) is 9.19. The Labute approximate surface area is 263 Å². The molecule has 0 unspecified atom stereocenters. The topological polar surface area (TPSA) is 83.5 Å². The third-order valence-electron chi connectivity index (χ3n) is 8.65. The van der Waals surface area contributed by atoms with E-state index < -0.39 is 21.3 Å². The molecule has 7 rings (SSSR count). The zero-order valence-corrected chi connectivity index (χ0v) is 27.4. The molecular weight excluding hydrogens is 603 g/mol. The Morgan fingerprint density at radius 2 is 1.05 bits per heavy atom. The highest BCUT2D eigenvalue weighted by atomic mass is 32.2. The molecule has 0 aromatic heterocycles. The first-order chi connectivity index (χ1) is 20.7. The number of carbonyl (C=O) groups excluding carboxylic acids is 1. The Hall–Kier alpha value is -2.75. The molecule has 4 saturated carbocycles. The maximum absolute atomic E-state index is 11.9. The predicted molar refractivity (Wildman–Crippen MR) is 169 cm³/mol. The van der Waals surface area contributed by atoms with Gasteiger partial charge in [-0.15, -0.1) is 0 Å². The van der Waals surface area contributed by atoms with Gasteiger partial charge in [-0.25, -0.2) is 13.2 Å². The van der Waals surface area contributed by atoms with Crippen molar-refractivity contribution in [1.29, 1.82) is 0 Å². The van der Waals surface area contributed by atoms with E-state index in [-0.39, 0.29) is 16.3 Å². The van der Waals surface area contributed by atoms with Crippen LogP contribution in [-0.2, 0) is 36.0 Å². The zero-order chi connectivity index (χ0) is 32.1. The summed E-state index contributed by atoms with van der Waals surface area (Å²) in [6, 6.07) is 30.7. The lowest BCUT2D eigenvalue weighted by Crippen LogP contribution is -2.38. The van der Waals surface area contributed by atoms with Crippen LogP contribution in [0.1, 0.15) is 64.9 Å². The summed E-state index contributed by atoms with van der Waals surface area (Å²) in [5.41, 5.74) is 1.57. The molecule has 0 atom stereocenters. The van der Waals surface area contributed by atoms with Crippen LogP contribution in [0.25, 0.3) is 0 Å². The van der Waals surface area contributed by atoms with Crippen LogP contribution in [0.3, 0.4) is 0 Å². The standard InChI is InChI=1S/C22H23S.C10H16.C3H4F2O5S/c1-22(2,3)18-14-16-21(17-15-18)23(19-10-6-4-7-11-19)20-12-8-5-9-13-20;1-7-2-9-4-8(1)5-10(3-7)6-9;1-10-2(6)3(4,5)11(7,8)9/h4-17H,1-3H3;7-10H,1-6H2;1H3,(H,7,8,9)/q+1;;/p-1. The summed E-state index contributed by atoms with van der Waals surface area (Å²) in [7, 11) is -5.48. The van der Waals surface area contributed by atoms with E-state index in [0.29, 0.717) is 7.11 Å². The molecule has 44 heavy (non-hydrogen) atoms. The van der Waals surface area contributed by atoms with Crippen LogP contribution in [0.4, 0.5) is 8.78 Å². The van der Waals surface area contributed by atoms with Gasteiger partial charge >= 0.3 is 11.2 Å². The number of methoxy groups -OCH3 is 1. The second-order valence-electron chi connectivity index (χ2n) is 13.0. The van der Waals surface area contributed by atoms with E-state index in [9.17, 15) is 26.5 Å². The van der Waals surface area contributed by atoms with Crippen molar-refractivity contribution < 1.29 is 31.3 Å². The molecule has 0 spiro atoms. The predicted octanol–water partition coefficient (Wildman–Crippen LogP) is 8.21. The van der Waals surface area contributed by atoms with Gasteiger partial charge in [-0.1, -0.05) is 69.3 Å². The number of benzene rings is 3. The lowest BCUT2D eigenvalue weighted by molar-refractivity contribution is -0.158. The molecular formula is C35H42F2O5S2. The largest absolute Gasteiger partial charge is 0.743 e. The monoisotopic (exact) mass is 644 g/mol. The summed E-state index contributed by atoms with van der Waals surface area (Å²) < 4.78 is 56.2. The molecule has 4 bridgehead atoms. The van der Waals surface area contributed by atoms with Gasteiger partial charge in [0.25, 0.3) is 0 Å². The molecule has 0 heterocycles. The first-order valence-electron chi connectivity index (χ1n) is 15.1. The summed E-state index contributed by atoms with van der Waals surface area (Å²) in [6.07, 6.45) is 9.62. The summed E-state index contributed by atoms with van der Waals surface area (Å²) in [4.78, 5) is 14.0. The molecule has 0 radical (unpaired) electrons. The maximum Gasteiger partial charge on any atom is 0.428 e. The molecule has 0 aliphatic heterocycles. The average Bonchev–Trinajstić information content (AvgIpc) is 2.97. The van der Waals surface area contributed by atoms with Gasteiger partial charge in [-0.05, 0) is 110 Å².